The van der Waals surface area contributed by atoms with Gasteiger partial charge in [0.2, 0.25) is 11.8 Å². The summed E-state index contributed by atoms with van der Waals surface area (Å²) >= 11 is 0. The van der Waals surface area contributed by atoms with Gasteiger partial charge in [-0.1, -0.05) is 12.1 Å². The molecule has 0 radical (unpaired) electrons. The fraction of sp³-hybridized carbons (Fsp3) is 0.300. The molecule has 1 aromatic heterocycles. The van der Waals surface area contributed by atoms with Gasteiger partial charge in [0, 0.05) is 11.6 Å². The third kappa shape index (κ3) is 4.26. The maximum Gasteiger partial charge on any atom is 0.247 e. The standard InChI is InChI=1S/C20H22FN3O2/c1-4-25-18-11-7-16(8-12-18)20-23-22-19(26-20)13-24(3)14(2)15-5-9-17(21)10-6-15/h5-12,14H,4,13H2,1-3H3. The van der Waals surface area contributed by atoms with Crippen molar-refractivity contribution in [3.05, 3.63) is 65.8 Å². The Kier molecular flexibility index (Phi) is 5.63. The molecule has 0 bridgehead atoms. The van der Waals surface area contributed by atoms with E-state index in [0.717, 1.165) is 16.9 Å². The van der Waals surface area contributed by atoms with Gasteiger partial charge in [-0.05, 0) is 62.9 Å². The molecule has 3 rings (SSSR count). The smallest absolute Gasteiger partial charge is 0.247 e. The molecule has 0 saturated heterocycles. The van der Waals surface area contributed by atoms with Crippen molar-refractivity contribution < 1.29 is 13.5 Å². The van der Waals surface area contributed by atoms with E-state index in [1.54, 1.807) is 12.1 Å². The fourth-order valence-corrected chi connectivity index (χ4v) is 2.64. The van der Waals surface area contributed by atoms with Crippen LogP contribution in [0.4, 0.5) is 4.39 Å². The number of rotatable bonds is 7. The molecule has 6 heteroatoms. The van der Waals surface area contributed by atoms with Gasteiger partial charge in [-0.3, -0.25) is 4.90 Å². The van der Waals surface area contributed by atoms with Crippen LogP contribution in [0.5, 0.6) is 5.75 Å². The van der Waals surface area contributed by atoms with Crippen LogP contribution in [0.1, 0.15) is 31.3 Å². The Hall–Kier alpha value is -2.73. The Bertz CT molecular complexity index is 831. The highest BCUT2D eigenvalue weighted by Gasteiger charge is 2.16. The summed E-state index contributed by atoms with van der Waals surface area (Å²) in [6, 6.07) is 14.2. The second-order valence-corrected chi connectivity index (χ2v) is 6.10. The SMILES string of the molecule is CCOc1ccc(-c2nnc(CN(C)C(C)c3ccc(F)cc3)o2)cc1. The lowest BCUT2D eigenvalue weighted by molar-refractivity contribution is 0.228. The minimum atomic E-state index is -0.236. The van der Waals surface area contributed by atoms with Crippen LogP contribution in [-0.4, -0.2) is 28.8 Å². The van der Waals surface area contributed by atoms with Crippen LogP contribution in [0.2, 0.25) is 0 Å². The Morgan fingerprint density at radius 3 is 2.42 bits per heavy atom. The van der Waals surface area contributed by atoms with Gasteiger partial charge in [0.05, 0.1) is 13.2 Å². The van der Waals surface area contributed by atoms with E-state index in [0.29, 0.717) is 24.9 Å². The van der Waals surface area contributed by atoms with Gasteiger partial charge < -0.3 is 9.15 Å². The quantitative estimate of drug-likeness (QED) is 0.626. The number of hydrogen-bond donors (Lipinski definition) is 0. The number of benzene rings is 2. The van der Waals surface area contributed by atoms with Crippen LogP contribution in [0.15, 0.2) is 52.9 Å². The molecule has 3 aromatic rings. The maximum atomic E-state index is 13.1. The van der Waals surface area contributed by atoms with E-state index in [2.05, 4.69) is 22.0 Å². The van der Waals surface area contributed by atoms with E-state index >= 15 is 0 Å². The highest BCUT2D eigenvalue weighted by molar-refractivity contribution is 5.53. The first kappa shape index (κ1) is 18.1. The van der Waals surface area contributed by atoms with Crippen LogP contribution in [0, 0.1) is 5.82 Å². The Balaban J connectivity index is 1.66. The van der Waals surface area contributed by atoms with Crippen molar-refractivity contribution in [2.45, 2.75) is 26.4 Å². The maximum absolute atomic E-state index is 13.1. The minimum Gasteiger partial charge on any atom is -0.494 e. The van der Waals surface area contributed by atoms with E-state index in [4.69, 9.17) is 9.15 Å². The lowest BCUT2D eigenvalue weighted by Crippen LogP contribution is -2.22. The minimum absolute atomic E-state index is 0.0939. The van der Waals surface area contributed by atoms with Crippen LogP contribution in [-0.2, 0) is 6.54 Å². The van der Waals surface area contributed by atoms with Crippen molar-refractivity contribution in [1.82, 2.24) is 15.1 Å². The average Bonchev–Trinajstić information content (AvgIpc) is 3.11. The molecule has 5 nitrogen and oxygen atoms in total. The molecule has 0 aliphatic rings. The molecular weight excluding hydrogens is 333 g/mol. The Morgan fingerprint density at radius 2 is 1.77 bits per heavy atom. The predicted octanol–water partition coefficient (Wildman–Crippen LogP) is 4.47. The van der Waals surface area contributed by atoms with Crippen molar-refractivity contribution in [3.63, 3.8) is 0 Å². The monoisotopic (exact) mass is 355 g/mol. The van der Waals surface area contributed by atoms with E-state index in [-0.39, 0.29) is 11.9 Å². The van der Waals surface area contributed by atoms with Gasteiger partial charge in [0.15, 0.2) is 0 Å². The summed E-state index contributed by atoms with van der Waals surface area (Å²) in [5.74, 6) is 1.58. The van der Waals surface area contributed by atoms with Gasteiger partial charge in [-0.2, -0.15) is 0 Å². The van der Waals surface area contributed by atoms with Crippen molar-refractivity contribution in [1.29, 1.82) is 0 Å². The molecule has 0 spiro atoms. The van der Waals surface area contributed by atoms with Crippen molar-refractivity contribution in [2.75, 3.05) is 13.7 Å². The van der Waals surface area contributed by atoms with Crippen molar-refractivity contribution in [2.24, 2.45) is 0 Å². The number of ether oxygens (including phenoxy) is 1. The zero-order chi connectivity index (χ0) is 18.5. The number of aromatic nitrogens is 2. The second kappa shape index (κ2) is 8.10. The van der Waals surface area contributed by atoms with Gasteiger partial charge in [-0.25, -0.2) is 4.39 Å². The molecule has 2 aromatic carbocycles. The Morgan fingerprint density at radius 1 is 1.08 bits per heavy atom. The van der Waals surface area contributed by atoms with Gasteiger partial charge >= 0.3 is 0 Å². The lowest BCUT2D eigenvalue weighted by Gasteiger charge is -2.23. The van der Waals surface area contributed by atoms with Crippen molar-refractivity contribution >= 4 is 0 Å². The molecule has 0 amide bonds. The fourth-order valence-electron chi connectivity index (χ4n) is 2.64. The van der Waals surface area contributed by atoms with Crippen LogP contribution >= 0.6 is 0 Å². The summed E-state index contributed by atoms with van der Waals surface area (Å²) in [6.07, 6.45) is 0. The number of nitrogens with zero attached hydrogens (tertiary/aromatic N) is 3. The molecule has 0 saturated carbocycles. The van der Waals surface area contributed by atoms with E-state index in [1.807, 2.05) is 38.2 Å². The van der Waals surface area contributed by atoms with Crippen LogP contribution in [0.25, 0.3) is 11.5 Å². The second-order valence-electron chi connectivity index (χ2n) is 6.10. The summed E-state index contributed by atoms with van der Waals surface area (Å²) in [7, 11) is 1.97. The summed E-state index contributed by atoms with van der Waals surface area (Å²) in [4.78, 5) is 2.07. The molecule has 1 unspecified atom stereocenters. The van der Waals surface area contributed by atoms with Gasteiger partial charge in [0.1, 0.15) is 11.6 Å². The molecule has 1 heterocycles. The summed E-state index contributed by atoms with van der Waals surface area (Å²) in [5, 5.41) is 8.26. The molecule has 0 aliphatic heterocycles. The topological polar surface area (TPSA) is 51.4 Å². The van der Waals surface area contributed by atoms with Gasteiger partial charge in [-0.15, -0.1) is 10.2 Å². The highest BCUT2D eigenvalue weighted by atomic mass is 19.1. The van der Waals surface area contributed by atoms with Crippen LogP contribution < -0.4 is 4.74 Å². The van der Waals surface area contributed by atoms with Crippen LogP contribution in [0.3, 0.4) is 0 Å². The Labute approximate surface area is 152 Å². The lowest BCUT2D eigenvalue weighted by atomic mass is 10.1. The van der Waals surface area contributed by atoms with E-state index in [9.17, 15) is 4.39 Å². The summed E-state index contributed by atoms with van der Waals surface area (Å²) in [6.45, 7) is 5.13. The molecule has 0 N–H and O–H groups in total. The zero-order valence-corrected chi connectivity index (χ0v) is 15.1. The summed E-state index contributed by atoms with van der Waals surface area (Å²) < 4.78 is 24.3. The highest BCUT2D eigenvalue weighted by Crippen LogP contribution is 2.24. The normalized spacial score (nSPS) is 12.3. The molecule has 136 valence electrons. The molecule has 0 aliphatic carbocycles. The van der Waals surface area contributed by atoms with Crippen molar-refractivity contribution in [3.8, 4) is 17.2 Å². The first-order valence-corrected chi connectivity index (χ1v) is 8.58. The largest absolute Gasteiger partial charge is 0.494 e. The average molecular weight is 355 g/mol. The predicted molar refractivity (Wildman–Crippen MR) is 97.2 cm³/mol. The van der Waals surface area contributed by atoms with E-state index < -0.39 is 0 Å². The first-order chi connectivity index (χ1) is 12.6. The molecule has 0 fully saturated rings. The number of halogens is 1. The third-order valence-electron chi connectivity index (χ3n) is 4.28. The molecule has 26 heavy (non-hydrogen) atoms. The zero-order valence-electron chi connectivity index (χ0n) is 15.1. The first-order valence-electron chi connectivity index (χ1n) is 8.58. The molecule has 1 atom stereocenters. The third-order valence-corrected chi connectivity index (χ3v) is 4.28. The summed E-state index contributed by atoms with van der Waals surface area (Å²) in [5.41, 5.74) is 1.88. The van der Waals surface area contributed by atoms with Gasteiger partial charge in [0.25, 0.3) is 0 Å². The van der Waals surface area contributed by atoms with E-state index in [1.165, 1.54) is 12.1 Å². The number of hydrogen-bond acceptors (Lipinski definition) is 5. The molecular formula is C20H22FN3O2.